The zero-order valence-corrected chi connectivity index (χ0v) is 10.8. The number of aryl methyl sites for hydroxylation is 2. The Hall–Kier alpha value is -1.64. The smallest absolute Gasteiger partial charge is 0.0463 e. The van der Waals surface area contributed by atoms with Gasteiger partial charge in [0.25, 0.3) is 0 Å². The molecule has 2 heteroatoms. The minimum atomic E-state index is 0.214. The molecule has 0 saturated heterocycles. The molecule has 2 aromatic rings. The van der Waals surface area contributed by atoms with Crippen molar-refractivity contribution in [2.24, 2.45) is 5.84 Å². The molecule has 2 rings (SSSR count). The molecule has 2 nitrogen and oxygen atoms in total. The summed E-state index contributed by atoms with van der Waals surface area (Å²) in [4.78, 5) is 0. The van der Waals surface area contributed by atoms with Crippen molar-refractivity contribution in [2.75, 3.05) is 0 Å². The van der Waals surface area contributed by atoms with Gasteiger partial charge in [-0.05, 0) is 30.9 Å². The fraction of sp³-hybridized carbons (Fsp3) is 0.250. The van der Waals surface area contributed by atoms with E-state index in [0.717, 1.165) is 12.8 Å². The van der Waals surface area contributed by atoms with E-state index in [1.54, 1.807) is 0 Å². The summed E-state index contributed by atoms with van der Waals surface area (Å²) in [6, 6.07) is 19.3. The van der Waals surface area contributed by atoms with Crippen LogP contribution in [0.4, 0.5) is 0 Å². The monoisotopic (exact) mass is 240 g/mol. The van der Waals surface area contributed by atoms with Crippen LogP contribution in [0.1, 0.15) is 29.2 Å². The van der Waals surface area contributed by atoms with E-state index in [2.05, 4.69) is 60.9 Å². The Morgan fingerprint density at radius 2 is 1.67 bits per heavy atom. The van der Waals surface area contributed by atoms with Gasteiger partial charge in [0.2, 0.25) is 0 Å². The van der Waals surface area contributed by atoms with E-state index in [1.807, 2.05) is 6.07 Å². The van der Waals surface area contributed by atoms with Crippen molar-refractivity contribution in [3.8, 4) is 0 Å². The molecule has 0 fully saturated rings. The van der Waals surface area contributed by atoms with Crippen LogP contribution in [0.2, 0.25) is 0 Å². The quantitative estimate of drug-likeness (QED) is 0.622. The fourth-order valence-corrected chi connectivity index (χ4v) is 2.10. The topological polar surface area (TPSA) is 38.0 Å². The molecule has 3 N–H and O–H groups in total. The second-order valence-corrected chi connectivity index (χ2v) is 4.65. The summed E-state index contributed by atoms with van der Waals surface area (Å²) in [6.07, 6.45) is 2.03. The number of benzene rings is 2. The van der Waals surface area contributed by atoms with E-state index in [1.165, 1.54) is 16.7 Å². The van der Waals surface area contributed by atoms with Crippen molar-refractivity contribution in [1.29, 1.82) is 0 Å². The van der Waals surface area contributed by atoms with Crippen molar-refractivity contribution < 1.29 is 0 Å². The van der Waals surface area contributed by atoms with Crippen LogP contribution in [-0.4, -0.2) is 0 Å². The zero-order valence-electron chi connectivity index (χ0n) is 10.8. The molecule has 94 valence electrons. The van der Waals surface area contributed by atoms with Gasteiger partial charge < -0.3 is 0 Å². The molecule has 0 aliphatic carbocycles. The van der Waals surface area contributed by atoms with E-state index in [4.69, 9.17) is 5.84 Å². The van der Waals surface area contributed by atoms with Crippen LogP contribution in [0, 0.1) is 6.92 Å². The Morgan fingerprint density at radius 3 is 2.28 bits per heavy atom. The van der Waals surface area contributed by atoms with Crippen LogP contribution >= 0.6 is 0 Å². The summed E-state index contributed by atoms with van der Waals surface area (Å²) >= 11 is 0. The van der Waals surface area contributed by atoms with Gasteiger partial charge in [-0.2, -0.15) is 0 Å². The standard InChI is InChI=1S/C16H20N2/c1-13-7-10-15(11-8-13)16(18-17)12-9-14-5-3-2-4-6-14/h2-8,10-11,16,18H,9,12,17H2,1H3. The van der Waals surface area contributed by atoms with E-state index < -0.39 is 0 Å². The maximum Gasteiger partial charge on any atom is 0.0463 e. The van der Waals surface area contributed by atoms with Crippen LogP contribution in [0.5, 0.6) is 0 Å². The third-order valence-corrected chi connectivity index (χ3v) is 3.25. The summed E-state index contributed by atoms with van der Waals surface area (Å²) in [6.45, 7) is 2.10. The van der Waals surface area contributed by atoms with Gasteiger partial charge in [0.1, 0.15) is 0 Å². The first-order valence-corrected chi connectivity index (χ1v) is 6.36. The minimum Gasteiger partial charge on any atom is -0.271 e. The van der Waals surface area contributed by atoms with Crippen molar-refractivity contribution in [3.05, 3.63) is 71.3 Å². The van der Waals surface area contributed by atoms with Gasteiger partial charge in [-0.3, -0.25) is 11.3 Å². The number of nitrogens with two attached hydrogens (primary N) is 1. The summed E-state index contributed by atoms with van der Waals surface area (Å²) in [5.74, 6) is 5.66. The normalized spacial score (nSPS) is 12.3. The second-order valence-electron chi connectivity index (χ2n) is 4.65. The predicted octanol–water partition coefficient (Wildman–Crippen LogP) is 3.13. The van der Waals surface area contributed by atoms with Crippen LogP contribution in [0.3, 0.4) is 0 Å². The molecule has 2 aromatic carbocycles. The van der Waals surface area contributed by atoms with E-state index in [0.29, 0.717) is 0 Å². The lowest BCUT2D eigenvalue weighted by molar-refractivity contribution is 0.516. The highest BCUT2D eigenvalue weighted by Crippen LogP contribution is 2.18. The third-order valence-electron chi connectivity index (χ3n) is 3.25. The molecule has 1 atom stereocenters. The highest BCUT2D eigenvalue weighted by Gasteiger charge is 2.09. The summed E-state index contributed by atoms with van der Waals surface area (Å²) in [5.41, 5.74) is 6.78. The maximum absolute atomic E-state index is 5.66. The van der Waals surface area contributed by atoms with Gasteiger partial charge in [-0.1, -0.05) is 60.2 Å². The molecular formula is C16H20N2. The second kappa shape index (κ2) is 6.34. The van der Waals surface area contributed by atoms with E-state index in [9.17, 15) is 0 Å². The molecule has 0 aliphatic heterocycles. The number of hydrazine groups is 1. The lowest BCUT2D eigenvalue weighted by Crippen LogP contribution is -2.28. The summed E-state index contributed by atoms with van der Waals surface area (Å²) in [7, 11) is 0. The first kappa shape index (κ1) is 12.8. The maximum atomic E-state index is 5.66. The Labute approximate surface area is 109 Å². The Bertz CT molecular complexity index is 462. The fourth-order valence-electron chi connectivity index (χ4n) is 2.10. The van der Waals surface area contributed by atoms with E-state index in [-0.39, 0.29) is 6.04 Å². The molecule has 0 aromatic heterocycles. The number of rotatable bonds is 5. The first-order valence-electron chi connectivity index (χ1n) is 6.36. The average Bonchev–Trinajstić information content (AvgIpc) is 2.42. The minimum absolute atomic E-state index is 0.214. The van der Waals surface area contributed by atoms with Gasteiger partial charge in [0.05, 0.1) is 0 Å². The largest absolute Gasteiger partial charge is 0.271 e. The van der Waals surface area contributed by atoms with Crippen molar-refractivity contribution >= 4 is 0 Å². The molecule has 0 aliphatic rings. The highest BCUT2D eigenvalue weighted by atomic mass is 15.2. The summed E-state index contributed by atoms with van der Waals surface area (Å²) < 4.78 is 0. The number of hydrogen-bond acceptors (Lipinski definition) is 2. The Balaban J connectivity index is 1.99. The van der Waals surface area contributed by atoms with Gasteiger partial charge in [0, 0.05) is 6.04 Å². The van der Waals surface area contributed by atoms with Gasteiger partial charge in [-0.15, -0.1) is 0 Å². The number of hydrogen-bond donors (Lipinski definition) is 2. The molecule has 1 unspecified atom stereocenters. The Kier molecular flexibility index (Phi) is 4.51. The summed E-state index contributed by atoms with van der Waals surface area (Å²) in [5, 5.41) is 0. The van der Waals surface area contributed by atoms with Gasteiger partial charge >= 0.3 is 0 Å². The first-order chi connectivity index (χ1) is 8.79. The van der Waals surface area contributed by atoms with Crippen LogP contribution in [0.15, 0.2) is 54.6 Å². The molecular weight excluding hydrogens is 220 g/mol. The average molecular weight is 240 g/mol. The SMILES string of the molecule is Cc1ccc(C(CCc2ccccc2)NN)cc1. The molecule has 0 amide bonds. The third kappa shape index (κ3) is 3.42. The predicted molar refractivity (Wildman–Crippen MR) is 76.0 cm³/mol. The van der Waals surface area contributed by atoms with Crippen molar-refractivity contribution in [1.82, 2.24) is 5.43 Å². The Morgan fingerprint density at radius 1 is 1.00 bits per heavy atom. The lowest BCUT2D eigenvalue weighted by Gasteiger charge is -2.16. The molecule has 18 heavy (non-hydrogen) atoms. The molecule has 0 bridgehead atoms. The zero-order chi connectivity index (χ0) is 12.8. The van der Waals surface area contributed by atoms with Crippen molar-refractivity contribution in [2.45, 2.75) is 25.8 Å². The highest BCUT2D eigenvalue weighted by molar-refractivity contribution is 5.24. The van der Waals surface area contributed by atoms with Crippen molar-refractivity contribution in [3.63, 3.8) is 0 Å². The van der Waals surface area contributed by atoms with Gasteiger partial charge in [-0.25, -0.2) is 0 Å². The van der Waals surface area contributed by atoms with Crippen LogP contribution in [0.25, 0.3) is 0 Å². The van der Waals surface area contributed by atoms with Crippen LogP contribution < -0.4 is 11.3 Å². The molecule has 0 radical (unpaired) electrons. The lowest BCUT2D eigenvalue weighted by atomic mass is 9.99. The van der Waals surface area contributed by atoms with Gasteiger partial charge in [0.15, 0.2) is 0 Å². The molecule has 0 saturated carbocycles. The van der Waals surface area contributed by atoms with Crippen LogP contribution in [-0.2, 0) is 6.42 Å². The van der Waals surface area contributed by atoms with E-state index >= 15 is 0 Å². The molecule has 0 spiro atoms. The molecule has 0 heterocycles. The number of nitrogens with one attached hydrogen (secondary N) is 1.